The summed E-state index contributed by atoms with van der Waals surface area (Å²) >= 11 is 0. The summed E-state index contributed by atoms with van der Waals surface area (Å²) in [6.45, 7) is 2.20. The van der Waals surface area contributed by atoms with Gasteiger partial charge in [-0.1, -0.05) is 45.4 Å². The van der Waals surface area contributed by atoms with Gasteiger partial charge in [0.1, 0.15) is 0 Å². The van der Waals surface area contributed by atoms with Crippen LogP contribution in [0.5, 0.6) is 0 Å². The Morgan fingerprint density at radius 1 is 1.00 bits per heavy atom. The normalized spacial score (nSPS) is 9.31. The first kappa shape index (κ1) is 15.7. The van der Waals surface area contributed by atoms with Gasteiger partial charge >= 0.3 is 5.97 Å². The fourth-order valence-electron chi connectivity index (χ4n) is 1.23. The number of carbonyl (C=O) groups is 1. The number of unbranched alkanes of at least 4 members (excludes halogenated alkanes) is 6. The maximum Gasteiger partial charge on any atom is 0.303 e. The molecule has 0 unspecified atom stereocenters. The predicted molar refractivity (Wildman–Crippen MR) is 56.0 cm³/mol. The number of hydrogen-bond donors (Lipinski definition) is 1. The predicted octanol–water partition coefficient (Wildman–Crippen LogP) is 2.83. The van der Waals surface area contributed by atoms with Gasteiger partial charge in [-0.05, 0) is 6.42 Å². The monoisotopic (exact) mass is 293 g/mol. The van der Waals surface area contributed by atoms with Crippen molar-refractivity contribution in [3.8, 4) is 0 Å². The van der Waals surface area contributed by atoms with Crippen molar-refractivity contribution < 1.29 is 9.90 Å². The minimum absolute atomic E-state index is 0. The molecule has 13 heavy (non-hydrogen) atoms. The average molecular weight is 294 g/mol. The summed E-state index contributed by atoms with van der Waals surface area (Å²) in [7, 11) is 0. The number of aliphatic carboxylic acids is 1. The van der Waals surface area contributed by atoms with E-state index >= 15 is 0 Å². The van der Waals surface area contributed by atoms with Crippen LogP contribution in [0.3, 0.4) is 0 Å². The molecule has 0 saturated heterocycles. The van der Waals surface area contributed by atoms with Crippen molar-refractivity contribution >= 4 is 30.4 Å². The van der Waals surface area contributed by atoms with E-state index in [1.54, 1.807) is 0 Å². The third kappa shape index (κ3) is 15.1. The third-order valence-electron chi connectivity index (χ3n) is 1.99. The molecule has 2 nitrogen and oxygen atoms in total. The zero-order valence-electron chi connectivity index (χ0n) is 8.46. The van der Waals surface area contributed by atoms with Crippen LogP contribution in [0.1, 0.15) is 58.3 Å². The van der Waals surface area contributed by atoms with E-state index in [-0.39, 0.29) is 24.4 Å². The molecular weight excluding hydrogens is 274 g/mol. The molecule has 0 spiro atoms. The molecule has 0 aromatic rings. The molecule has 3 heteroatoms. The molecule has 0 aromatic carbocycles. The largest absolute Gasteiger partial charge is 0.481 e. The number of carboxylic acid groups (broad SMARTS) is 1. The Morgan fingerprint density at radius 2 is 1.46 bits per heavy atom. The van der Waals surface area contributed by atoms with E-state index in [0.717, 1.165) is 12.8 Å². The molecule has 77 valence electrons. The van der Waals surface area contributed by atoms with E-state index in [1.165, 1.54) is 32.1 Å². The molecule has 0 aliphatic heterocycles. The summed E-state index contributed by atoms with van der Waals surface area (Å²) in [6, 6.07) is 0. The molecule has 0 atom stereocenters. The Hall–Kier alpha value is 0.288. The fraction of sp³-hybridized carbons (Fsp3) is 0.900. The first-order chi connectivity index (χ1) is 5.77. The zero-order valence-corrected chi connectivity index (χ0v) is 11.0. The standard InChI is InChI=1S/C10H20O2.Sb/c1-2-3-4-5-6-7-8-9-10(11)12;/h2-9H2,1H3,(H,11,12);. The minimum Gasteiger partial charge on any atom is -0.481 e. The molecule has 0 saturated carbocycles. The second-order valence-corrected chi connectivity index (χ2v) is 3.27. The molecule has 3 radical (unpaired) electrons. The van der Waals surface area contributed by atoms with Crippen molar-refractivity contribution in [2.75, 3.05) is 0 Å². The molecular formula is C10H20O2Sb. The van der Waals surface area contributed by atoms with Gasteiger partial charge in [0.15, 0.2) is 0 Å². The summed E-state index contributed by atoms with van der Waals surface area (Å²) in [5.74, 6) is -0.663. The zero-order chi connectivity index (χ0) is 9.23. The van der Waals surface area contributed by atoms with Crippen molar-refractivity contribution in [2.24, 2.45) is 0 Å². The Balaban J connectivity index is 0. The SMILES string of the molecule is CCCCCCCCCC(=O)O.[Sb]. The van der Waals surface area contributed by atoms with Crippen LogP contribution in [0, 0.1) is 0 Å². The van der Waals surface area contributed by atoms with Gasteiger partial charge in [0, 0.05) is 30.8 Å². The Labute approximate surface area is 98.6 Å². The Kier molecular flexibility index (Phi) is 14.9. The first-order valence-electron chi connectivity index (χ1n) is 4.99. The molecule has 1 N–H and O–H groups in total. The Morgan fingerprint density at radius 3 is 1.92 bits per heavy atom. The molecule has 0 aliphatic rings. The van der Waals surface area contributed by atoms with Gasteiger partial charge in [-0.2, -0.15) is 0 Å². The van der Waals surface area contributed by atoms with Gasteiger partial charge in [-0.3, -0.25) is 4.79 Å². The minimum atomic E-state index is -0.663. The van der Waals surface area contributed by atoms with E-state index in [1.807, 2.05) is 0 Å². The number of rotatable bonds is 8. The maximum atomic E-state index is 10.1. The van der Waals surface area contributed by atoms with Gasteiger partial charge in [0.25, 0.3) is 0 Å². The summed E-state index contributed by atoms with van der Waals surface area (Å²) in [5, 5.41) is 8.35. The average Bonchev–Trinajstić information content (AvgIpc) is 2.02. The quantitative estimate of drug-likeness (QED) is 0.552. The van der Waals surface area contributed by atoms with Crippen molar-refractivity contribution in [3.05, 3.63) is 0 Å². The van der Waals surface area contributed by atoms with Gasteiger partial charge < -0.3 is 5.11 Å². The van der Waals surface area contributed by atoms with Crippen LogP contribution in [0.15, 0.2) is 0 Å². The topological polar surface area (TPSA) is 37.3 Å². The van der Waals surface area contributed by atoms with Crippen LogP contribution in [0.2, 0.25) is 0 Å². The van der Waals surface area contributed by atoms with Gasteiger partial charge in [0.05, 0.1) is 0 Å². The Bertz CT molecular complexity index is 115. The van der Waals surface area contributed by atoms with Crippen LogP contribution in [-0.2, 0) is 4.79 Å². The molecule has 0 aliphatic carbocycles. The first-order valence-corrected chi connectivity index (χ1v) is 4.99. The van der Waals surface area contributed by atoms with Crippen LogP contribution in [-0.4, -0.2) is 35.5 Å². The summed E-state index contributed by atoms with van der Waals surface area (Å²) < 4.78 is 0. The third-order valence-corrected chi connectivity index (χ3v) is 1.99. The number of carboxylic acids is 1. The van der Waals surface area contributed by atoms with E-state index < -0.39 is 5.97 Å². The van der Waals surface area contributed by atoms with Gasteiger partial charge in [0.2, 0.25) is 0 Å². The van der Waals surface area contributed by atoms with Crippen LogP contribution in [0.4, 0.5) is 0 Å². The van der Waals surface area contributed by atoms with Gasteiger partial charge in [-0.25, -0.2) is 0 Å². The maximum absolute atomic E-state index is 10.1. The second kappa shape index (κ2) is 12.3. The molecule has 0 heterocycles. The van der Waals surface area contributed by atoms with E-state index in [2.05, 4.69) is 6.92 Å². The summed E-state index contributed by atoms with van der Waals surface area (Å²) in [4.78, 5) is 10.1. The fourth-order valence-corrected chi connectivity index (χ4v) is 1.23. The smallest absolute Gasteiger partial charge is 0.303 e. The van der Waals surface area contributed by atoms with Gasteiger partial charge in [-0.15, -0.1) is 0 Å². The number of hydrogen-bond acceptors (Lipinski definition) is 1. The molecule has 0 amide bonds. The van der Waals surface area contributed by atoms with Crippen molar-refractivity contribution in [1.82, 2.24) is 0 Å². The van der Waals surface area contributed by atoms with E-state index in [4.69, 9.17) is 5.11 Å². The summed E-state index contributed by atoms with van der Waals surface area (Å²) in [5.41, 5.74) is 0. The van der Waals surface area contributed by atoms with Crippen molar-refractivity contribution in [3.63, 3.8) is 0 Å². The van der Waals surface area contributed by atoms with Crippen molar-refractivity contribution in [1.29, 1.82) is 0 Å². The molecule has 0 aromatic heterocycles. The van der Waals surface area contributed by atoms with Crippen LogP contribution >= 0.6 is 0 Å². The second-order valence-electron chi connectivity index (χ2n) is 3.27. The van der Waals surface area contributed by atoms with Crippen molar-refractivity contribution in [2.45, 2.75) is 58.3 Å². The summed E-state index contributed by atoms with van der Waals surface area (Å²) in [6.07, 6.45) is 8.64. The van der Waals surface area contributed by atoms with Crippen LogP contribution in [0.25, 0.3) is 0 Å². The molecule has 0 rings (SSSR count). The van der Waals surface area contributed by atoms with Crippen LogP contribution < -0.4 is 0 Å². The van der Waals surface area contributed by atoms with E-state index in [9.17, 15) is 4.79 Å². The molecule has 0 fully saturated rings. The van der Waals surface area contributed by atoms with E-state index in [0.29, 0.717) is 6.42 Å². The molecule has 0 bridgehead atoms.